The van der Waals surface area contributed by atoms with Crippen LogP contribution in [0.4, 0.5) is 0 Å². The minimum Gasteiger partial charge on any atom is -0.387 e. The predicted molar refractivity (Wildman–Crippen MR) is 107 cm³/mol. The Labute approximate surface area is 162 Å². The van der Waals surface area contributed by atoms with Gasteiger partial charge in [-0.15, -0.1) is 0 Å². The standard InChI is InChI=1S/C22H32N4O/c1-18(27)22-16-21-17-25(11-5-12-26(21)23-22)20-9-14-24(15-10-20)13-8-19-6-3-2-4-7-19/h2-4,6-7,16,18,20,27H,5,8-15,17H2,1H3/t18-/m1/s1. The van der Waals surface area contributed by atoms with Gasteiger partial charge in [0.1, 0.15) is 0 Å². The van der Waals surface area contributed by atoms with E-state index in [-0.39, 0.29) is 0 Å². The van der Waals surface area contributed by atoms with E-state index in [9.17, 15) is 5.11 Å². The van der Waals surface area contributed by atoms with Crippen molar-refractivity contribution in [3.63, 3.8) is 0 Å². The van der Waals surface area contributed by atoms with E-state index in [1.54, 1.807) is 6.92 Å². The molecule has 1 aromatic heterocycles. The van der Waals surface area contributed by atoms with Crippen molar-refractivity contribution in [1.82, 2.24) is 19.6 Å². The molecular formula is C22H32N4O. The van der Waals surface area contributed by atoms with Crippen molar-refractivity contribution in [2.24, 2.45) is 0 Å². The number of aryl methyl sites for hydroxylation is 1. The van der Waals surface area contributed by atoms with Gasteiger partial charge in [0.05, 0.1) is 17.5 Å². The largest absolute Gasteiger partial charge is 0.387 e. The minimum absolute atomic E-state index is 0.481. The highest BCUT2D eigenvalue weighted by molar-refractivity contribution is 5.15. The van der Waals surface area contributed by atoms with Gasteiger partial charge in [-0.1, -0.05) is 30.3 Å². The third kappa shape index (κ3) is 4.60. The monoisotopic (exact) mass is 368 g/mol. The molecule has 1 N–H and O–H groups in total. The number of piperidine rings is 1. The first-order chi connectivity index (χ1) is 13.2. The van der Waals surface area contributed by atoms with Gasteiger partial charge in [0, 0.05) is 32.2 Å². The summed E-state index contributed by atoms with van der Waals surface area (Å²) in [7, 11) is 0. The number of aliphatic hydroxyl groups excluding tert-OH is 1. The van der Waals surface area contributed by atoms with Crippen molar-refractivity contribution in [1.29, 1.82) is 0 Å². The molecule has 0 radical (unpaired) electrons. The van der Waals surface area contributed by atoms with Crippen molar-refractivity contribution in [2.45, 2.75) is 57.8 Å². The van der Waals surface area contributed by atoms with Crippen LogP contribution in [-0.4, -0.2) is 56.9 Å². The Morgan fingerprint density at radius 3 is 2.63 bits per heavy atom. The van der Waals surface area contributed by atoms with E-state index < -0.39 is 6.10 Å². The number of hydrogen-bond donors (Lipinski definition) is 1. The zero-order valence-corrected chi connectivity index (χ0v) is 16.4. The van der Waals surface area contributed by atoms with Crippen LogP contribution in [0, 0.1) is 0 Å². The topological polar surface area (TPSA) is 44.5 Å². The molecule has 0 saturated carbocycles. The molecule has 1 saturated heterocycles. The van der Waals surface area contributed by atoms with Crippen LogP contribution in [0.15, 0.2) is 36.4 Å². The fourth-order valence-electron chi connectivity index (χ4n) is 4.47. The fraction of sp³-hybridized carbons (Fsp3) is 0.591. The molecule has 5 nitrogen and oxygen atoms in total. The number of benzene rings is 1. The van der Waals surface area contributed by atoms with Crippen LogP contribution in [0.5, 0.6) is 0 Å². The maximum atomic E-state index is 9.82. The second-order valence-electron chi connectivity index (χ2n) is 8.09. The number of aliphatic hydroxyl groups is 1. The third-order valence-corrected chi connectivity index (χ3v) is 6.12. The summed E-state index contributed by atoms with van der Waals surface area (Å²) in [5, 5.41) is 14.4. The lowest BCUT2D eigenvalue weighted by Gasteiger charge is -2.38. The van der Waals surface area contributed by atoms with Gasteiger partial charge < -0.3 is 10.0 Å². The summed E-state index contributed by atoms with van der Waals surface area (Å²) < 4.78 is 2.11. The lowest BCUT2D eigenvalue weighted by Crippen LogP contribution is -2.45. The first kappa shape index (κ1) is 18.7. The van der Waals surface area contributed by atoms with Gasteiger partial charge in [-0.3, -0.25) is 9.58 Å². The molecule has 27 heavy (non-hydrogen) atoms. The van der Waals surface area contributed by atoms with Gasteiger partial charge >= 0.3 is 0 Å². The average Bonchev–Trinajstić information content (AvgIpc) is 3.00. The molecule has 2 aliphatic rings. The molecule has 0 aliphatic carbocycles. The van der Waals surface area contributed by atoms with Crippen molar-refractivity contribution in [3.8, 4) is 0 Å². The van der Waals surface area contributed by atoms with Gasteiger partial charge in [-0.25, -0.2) is 0 Å². The van der Waals surface area contributed by atoms with E-state index >= 15 is 0 Å². The number of rotatable bonds is 5. The molecule has 146 valence electrons. The Morgan fingerprint density at radius 2 is 1.89 bits per heavy atom. The van der Waals surface area contributed by atoms with E-state index in [0.29, 0.717) is 6.04 Å². The highest BCUT2D eigenvalue weighted by atomic mass is 16.3. The quantitative estimate of drug-likeness (QED) is 0.881. The molecule has 5 heteroatoms. The van der Waals surface area contributed by atoms with Crippen LogP contribution in [0.25, 0.3) is 0 Å². The molecule has 2 aliphatic heterocycles. The second kappa shape index (κ2) is 8.55. The SMILES string of the molecule is C[C@@H](O)c1cc2n(n1)CCCN(C1CCN(CCc3ccccc3)CC1)C2. The lowest BCUT2D eigenvalue weighted by molar-refractivity contribution is 0.104. The van der Waals surface area contributed by atoms with Crippen LogP contribution in [0.2, 0.25) is 0 Å². The molecule has 0 unspecified atom stereocenters. The maximum absolute atomic E-state index is 9.82. The molecule has 1 aromatic carbocycles. The summed E-state index contributed by atoms with van der Waals surface area (Å²) in [6, 6.07) is 13.6. The zero-order valence-electron chi connectivity index (χ0n) is 16.4. The smallest absolute Gasteiger partial charge is 0.0950 e. The van der Waals surface area contributed by atoms with Crippen molar-refractivity contribution in [3.05, 3.63) is 53.3 Å². The summed E-state index contributed by atoms with van der Waals surface area (Å²) in [4.78, 5) is 5.28. The Morgan fingerprint density at radius 1 is 1.11 bits per heavy atom. The number of nitrogens with zero attached hydrogens (tertiary/aromatic N) is 4. The molecule has 3 heterocycles. The number of aromatic nitrogens is 2. The van der Waals surface area contributed by atoms with Crippen LogP contribution in [-0.2, 0) is 19.5 Å². The Hall–Kier alpha value is -1.69. The predicted octanol–water partition coefficient (Wildman–Crippen LogP) is 2.85. The van der Waals surface area contributed by atoms with Crippen LogP contribution >= 0.6 is 0 Å². The molecule has 4 rings (SSSR count). The average molecular weight is 369 g/mol. The first-order valence-electron chi connectivity index (χ1n) is 10.4. The van der Waals surface area contributed by atoms with E-state index in [1.165, 1.54) is 43.7 Å². The summed E-state index contributed by atoms with van der Waals surface area (Å²) in [6.07, 6.45) is 4.32. The van der Waals surface area contributed by atoms with Crippen LogP contribution < -0.4 is 0 Å². The van der Waals surface area contributed by atoms with Crippen molar-refractivity contribution < 1.29 is 5.11 Å². The molecule has 2 aromatic rings. The van der Waals surface area contributed by atoms with E-state index in [4.69, 9.17) is 0 Å². The summed E-state index contributed by atoms with van der Waals surface area (Å²) in [5.74, 6) is 0. The van der Waals surface area contributed by atoms with Crippen LogP contribution in [0.1, 0.15) is 49.2 Å². The van der Waals surface area contributed by atoms with Crippen molar-refractivity contribution in [2.75, 3.05) is 26.2 Å². The molecule has 0 amide bonds. The summed E-state index contributed by atoms with van der Waals surface area (Å²) in [6.45, 7) is 8.45. The molecule has 1 atom stereocenters. The number of likely N-dealkylation sites (tertiary alicyclic amines) is 1. The molecule has 0 bridgehead atoms. The Kier molecular flexibility index (Phi) is 5.91. The molecule has 0 spiro atoms. The van der Waals surface area contributed by atoms with Crippen molar-refractivity contribution >= 4 is 0 Å². The highest BCUT2D eigenvalue weighted by Gasteiger charge is 2.27. The zero-order chi connectivity index (χ0) is 18.6. The van der Waals surface area contributed by atoms with E-state index in [0.717, 1.165) is 38.2 Å². The summed E-state index contributed by atoms with van der Waals surface area (Å²) in [5.41, 5.74) is 3.51. The van der Waals surface area contributed by atoms with E-state index in [1.807, 2.05) is 0 Å². The van der Waals surface area contributed by atoms with E-state index in [2.05, 4.69) is 56.0 Å². The minimum atomic E-state index is -0.481. The van der Waals surface area contributed by atoms with Gasteiger partial charge in [0.2, 0.25) is 0 Å². The first-order valence-corrected chi connectivity index (χ1v) is 10.4. The summed E-state index contributed by atoms with van der Waals surface area (Å²) >= 11 is 0. The fourth-order valence-corrected chi connectivity index (χ4v) is 4.47. The Bertz CT molecular complexity index is 719. The highest BCUT2D eigenvalue weighted by Crippen LogP contribution is 2.23. The third-order valence-electron chi connectivity index (χ3n) is 6.12. The lowest BCUT2D eigenvalue weighted by atomic mass is 10.0. The van der Waals surface area contributed by atoms with Gasteiger partial charge in [0.25, 0.3) is 0 Å². The number of hydrogen-bond acceptors (Lipinski definition) is 4. The molecule has 1 fully saturated rings. The van der Waals surface area contributed by atoms with Gasteiger partial charge in [0.15, 0.2) is 0 Å². The maximum Gasteiger partial charge on any atom is 0.0950 e. The second-order valence-corrected chi connectivity index (χ2v) is 8.09. The van der Waals surface area contributed by atoms with Gasteiger partial charge in [-0.2, -0.15) is 5.10 Å². The van der Waals surface area contributed by atoms with Crippen LogP contribution in [0.3, 0.4) is 0 Å². The molecular weight excluding hydrogens is 336 g/mol. The Balaban J connectivity index is 1.30. The number of fused-ring (bicyclic) bond motifs is 1. The van der Waals surface area contributed by atoms with Gasteiger partial charge in [-0.05, 0) is 57.3 Å². The normalized spacial score (nSPS) is 21.0.